The van der Waals surface area contributed by atoms with Crippen LogP contribution in [0.15, 0.2) is 11.6 Å². The van der Waals surface area contributed by atoms with Crippen molar-refractivity contribution in [3.8, 4) is 0 Å². The Balaban J connectivity index is 1.65. The molecule has 0 saturated carbocycles. The summed E-state index contributed by atoms with van der Waals surface area (Å²) in [5.74, 6) is -0.0613. The lowest BCUT2D eigenvalue weighted by molar-refractivity contribution is 0.0931. The summed E-state index contributed by atoms with van der Waals surface area (Å²) in [5, 5.41) is 5.80. The van der Waals surface area contributed by atoms with Gasteiger partial charge in [-0.3, -0.25) is 9.59 Å². The van der Waals surface area contributed by atoms with Crippen molar-refractivity contribution >= 4 is 11.8 Å². The number of imidazole rings is 1. The normalized spacial score (nSPS) is 16.4. The van der Waals surface area contributed by atoms with Crippen LogP contribution in [0, 0.1) is 0 Å². The number of rotatable bonds is 8. The maximum Gasteiger partial charge on any atom is 0.287 e. The van der Waals surface area contributed by atoms with Crippen molar-refractivity contribution in [1.29, 1.82) is 0 Å². The fourth-order valence-corrected chi connectivity index (χ4v) is 3.80. The van der Waals surface area contributed by atoms with Crippen LogP contribution >= 0.6 is 0 Å². The number of aromatic nitrogens is 2. The minimum Gasteiger partial charge on any atom is -0.383 e. The van der Waals surface area contributed by atoms with Gasteiger partial charge in [-0.05, 0) is 51.4 Å². The summed E-state index contributed by atoms with van der Waals surface area (Å²) in [6.45, 7) is 2.23. The number of methoxy groups -OCH3 is 1. The highest BCUT2D eigenvalue weighted by Gasteiger charge is 2.27. The highest BCUT2D eigenvalue weighted by Crippen LogP contribution is 2.22. The molecule has 2 heterocycles. The van der Waals surface area contributed by atoms with Crippen LogP contribution in [0.25, 0.3) is 0 Å². The summed E-state index contributed by atoms with van der Waals surface area (Å²) in [6.07, 6.45) is 10.8. The maximum atomic E-state index is 12.7. The van der Waals surface area contributed by atoms with E-state index < -0.39 is 0 Å². The molecule has 0 bridgehead atoms. The Labute approximate surface area is 160 Å². The molecule has 1 aromatic rings. The second-order valence-corrected chi connectivity index (χ2v) is 7.20. The highest BCUT2D eigenvalue weighted by atomic mass is 16.5. The summed E-state index contributed by atoms with van der Waals surface area (Å²) < 4.78 is 6.89. The van der Waals surface area contributed by atoms with E-state index in [-0.39, 0.29) is 11.8 Å². The zero-order valence-electron chi connectivity index (χ0n) is 16.2. The van der Waals surface area contributed by atoms with Gasteiger partial charge in [0.2, 0.25) is 0 Å². The van der Waals surface area contributed by atoms with Crippen molar-refractivity contribution in [3.63, 3.8) is 0 Å². The lowest BCUT2D eigenvalue weighted by Gasteiger charge is -2.17. The third-order valence-corrected chi connectivity index (χ3v) is 5.24. The number of amides is 2. The average molecular weight is 374 g/mol. The van der Waals surface area contributed by atoms with Gasteiger partial charge in [0.25, 0.3) is 11.8 Å². The van der Waals surface area contributed by atoms with Crippen molar-refractivity contribution < 1.29 is 14.3 Å². The minimum atomic E-state index is -0.232. The first-order valence-corrected chi connectivity index (χ1v) is 10.0. The molecule has 2 amide bonds. The number of ether oxygens (including phenoxy) is 1. The Kier molecular flexibility index (Phi) is 7.04. The molecule has 0 aromatic carbocycles. The zero-order chi connectivity index (χ0) is 19.1. The molecule has 27 heavy (non-hydrogen) atoms. The van der Waals surface area contributed by atoms with Crippen LogP contribution in [0.1, 0.15) is 71.7 Å². The SMILES string of the molecule is COCCNC(=O)c1nc(C(=O)NCCC2=CCCCC2)n2c1CCCC2. The van der Waals surface area contributed by atoms with E-state index in [4.69, 9.17) is 4.74 Å². The first-order valence-electron chi connectivity index (χ1n) is 10.0. The standard InChI is InChI=1S/C20H30N4O3/c1-27-14-12-22-19(25)17-16-9-5-6-13-24(16)18(23-17)20(26)21-11-10-15-7-3-2-4-8-15/h7H,2-6,8-14H2,1H3,(H,21,26)(H,22,25). The number of hydrogen-bond donors (Lipinski definition) is 2. The minimum absolute atomic E-state index is 0.189. The molecule has 7 nitrogen and oxygen atoms in total. The second-order valence-electron chi connectivity index (χ2n) is 7.20. The van der Waals surface area contributed by atoms with Gasteiger partial charge in [0, 0.05) is 26.7 Å². The van der Waals surface area contributed by atoms with Gasteiger partial charge in [0.1, 0.15) is 5.69 Å². The molecule has 0 atom stereocenters. The maximum absolute atomic E-state index is 12.7. The monoisotopic (exact) mass is 374 g/mol. The Morgan fingerprint density at radius 2 is 1.93 bits per heavy atom. The molecule has 0 saturated heterocycles. The molecule has 1 aliphatic heterocycles. The van der Waals surface area contributed by atoms with Crippen LogP contribution < -0.4 is 10.6 Å². The summed E-state index contributed by atoms with van der Waals surface area (Å²) >= 11 is 0. The van der Waals surface area contributed by atoms with Crippen molar-refractivity contribution in [1.82, 2.24) is 20.2 Å². The summed E-state index contributed by atoms with van der Waals surface area (Å²) in [6, 6.07) is 0. The molecule has 0 spiro atoms. The van der Waals surface area contributed by atoms with E-state index in [1.54, 1.807) is 7.11 Å². The van der Waals surface area contributed by atoms with E-state index in [2.05, 4.69) is 21.7 Å². The Morgan fingerprint density at radius 3 is 2.70 bits per heavy atom. The van der Waals surface area contributed by atoms with E-state index in [9.17, 15) is 9.59 Å². The van der Waals surface area contributed by atoms with Crippen LogP contribution in [0.5, 0.6) is 0 Å². The fraction of sp³-hybridized carbons (Fsp3) is 0.650. The average Bonchev–Trinajstić information content (AvgIpc) is 3.09. The van der Waals surface area contributed by atoms with Gasteiger partial charge in [0.05, 0.1) is 12.3 Å². The molecule has 0 unspecified atom stereocenters. The molecule has 148 valence electrons. The predicted octanol–water partition coefficient (Wildman–Crippen LogP) is 2.22. The van der Waals surface area contributed by atoms with E-state index in [1.165, 1.54) is 18.4 Å². The van der Waals surface area contributed by atoms with Crippen LogP contribution in [0.3, 0.4) is 0 Å². The van der Waals surface area contributed by atoms with Gasteiger partial charge in [-0.15, -0.1) is 0 Å². The number of nitrogens with zero attached hydrogens (tertiary/aromatic N) is 2. The summed E-state index contributed by atoms with van der Waals surface area (Å²) in [7, 11) is 1.59. The third kappa shape index (κ3) is 4.97. The summed E-state index contributed by atoms with van der Waals surface area (Å²) in [4.78, 5) is 29.6. The molecule has 0 radical (unpaired) electrons. The molecule has 7 heteroatoms. The number of carbonyl (C=O) groups is 2. The first-order chi connectivity index (χ1) is 13.2. The Bertz CT molecular complexity index is 708. The van der Waals surface area contributed by atoms with E-state index in [0.717, 1.165) is 50.8 Å². The largest absolute Gasteiger partial charge is 0.383 e. The van der Waals surface area contributed by atoms with E-state index in [0.29, 0.717) is 31.2 Å². The lowest BCUT2D eigenvalue weighted by atomic mass is 9.97. The molecular formula is C20H30N4O3. The van der Waals surface area contributed by atoms with Crippen LogP contribution in [0.4, 0.5) is 0 Å². The lowest BCUT2D eigenvalue weighted by Crippen LogP contribution is -2.29. The molecular weight excluding hydrogens is 344 g/mol. The van der Waals surface area contributed by atoms with Crippen molar-refractivity contribution in [3.05, 3.63) is 28.9 Å². The van der Waals surface area contributed by atoms with E-state index >= 15 is 0 Å². The van der Waals surface area contributed by atoms with Crippen LogP contribution in [-0.2, 0) is 17.7 Å². The van der Waals surface area contributed by atoms with Crippen molar-refractivity contribution in [2.24, 2.45) is 0 Å². The van der Waals surface area contributed by atoms with Crippen molar-refractivity contribution in [2.45, 2.75) is 57.9 Å². The van der Waals surface area contributed by atoms with Crippen molar-refractivity contribution in [2.75, 3.05) is 26.8 Å². The quantitative estimate of drug-likeness (QED) is 0.540. The third-order valence-electron chi connectivity index (χ3n) is 5.24. The van der Waals surface area contributed by atoms with Gasteiger partial charge < -0.3 is 19.9 Å². The molecule has 0 fully saturated rings. The Hall–Kier alpha value is -2.15. The molecule has 3 rings (SSSR count). The summed E-state index contributed by atoms with van der Waals surface area (Å²) in [5.41, 5.74) is 2.69. The highest BCUT2D eigenvalue weighted by molar-refractivity contribution is 5.97. The number of hydrogen-bond acceptors (Lipinski definition) is 4. The zero-order valence-corrected chi connectivity index (χ0v) is 16.2. The number of fused-ring (bicyclic) bond motifs is 1. The smallest absolute Gasteiger partial charge is 0.287 e. The fourth-order valence-electron chi connectivity index (χ4n) is 3.80. The topological polar surface area (TPSA) is 85.2 Å². The molecule has 1 aromatic heterocycles. The molecule has 2 aliphatic rings. The Morgan fingerprint density at radius 1 is 1.11 bits per heavy atom. The molecule has 2 N–H and O–H groups in total. The van der Waals surface area contributed by atoms with Gasteiger partial charge in [-0.1, -0.05) is 11.6 Å². The second kappa shape index (κ2) is 9.69. The molecule has 1 aliphatic carbocycles. The van der Waals surface area contributed by atoms with Crippen LogP contribution in [-0.4, -0.2) is 48.2 Å². The van der Waals surface area contributed by atoms with Gasteiger partial charge >= 0.3 is 0 Å². The number of carbonyl (C=O) groups excluding carboxylic acids is 2. The first kappa shape index (κ1) is 19.6. The van der Waals surface area contributed by atoms with E-state index in [1.807, 2.05) is 4.57 Å². The van der Waals surface area contributed by atoms with Gasteiger partial charge in [-0.25, -0.2) is 4.98 Å². The predicted molar refractivity (Wildman–Crippen MR) is 103 cm³/mol. The number of allylic oxidation sites excluding steroid dienone is 1. The van der Waals surface area contributed by atoms with Crippen LogP contribution in [0.2, 0.25) is 0 Å². The number of nitrogens with one attached hydrogen (secondary N) is 2. The van der Waals surface area contributed by atoms with Gasteiger partial charge in [0.15, 0.2) is 5.82 Å². The van der Waals surface area contributed by atoms with Gasteiger partial charge in [-0.2, -0.15) is 0 Å².